The van der Waals surface area contributed by atoms with Crippen molar-refractivity contribution in [2.45, 2.75) is 38.4 Å². The van der Waals surface area contributed by atoms with E-state index >= 15 is 0 Å². The van der Waals surface area contributed by atoms with E-state index in [0.29, 0.717) is 12.6 Å². The highest BCUT2D eigenvalue weighted by molar-refractivity contribution is 5.43. The van der Waals surface area contributed by atoms with Crippen molar-refractivity contribution in [3.63, 3.8) is 0 Å². The number of rotatable bonds is 3. The minimum Gasteiger partial charge on any atom is -0.309 e. The SMILES string of the molecule is O=c1c2c(nc3cc(C4CCCN4)[nH]n13)CCN(Cc1ccccc1)C2. The zero-order valence-electron chi connectivity index (χ0n) is 14.7. The molecule has 0 radical (unpaired) electrons. The Bertz CT molecular complexity index is 985. The van der Waals surface area contributed by atoms with Crippen molar-refractivity contribution in [2.24, 2.45) is 0 Å². The third-order valence-electron chi connectivity index (χ3n) is 5.54. The topological polar surface area (TPSA) is 65.4 Å². The lowest BCUT2D eigenvalue weighted by atomic mass is 10.1. The van der Waals surface area contributed by atoms with Crippen LogP contribution in [0.4, 0.5) is 0 Å². The van der Waals surface area contributed by atoms with Crippen LogP contribution in [0.25, 0.3) is 5.65 Å². The van der Waals surface area contributed by atoms with Crippen LogP contribution < -0.4 is 10.9 Å². The molecule has 6 nitrogen and oxygen atoms in total. The molecule has 1 atom stereocenters. The van der Waals surface area contributed by atoms with Gasteiger partial charge in [-0.1, -0.05) is 30.3 Å². The van der Waals surface area contributed by atoms with Crippen LogP contribution in [0.1, 0.15) is 41.4 Å². The molecular formula is C20H23N5O. The lowest BCUT2D eigenvalue weighted by molar-refractivity contribution is 0.241. The van der Waals surface area contributed by atoms with Crippen LogP contribution in [0, 0.1) is 0 Å². The summed E-state index contributed by atoms with van der Waals surface area (Å²) in [5, 5.41) is 6.76. The zero-order chi connectivity index (χ0) is 17.5. The van der Waals surface area contributed by atoms with Gasteiger partial charge in [-0.05, 0) is 24.9 Å². The molecule has 3 aromatic rings. The Hall–Kier alpha value is -2.44. The van der Waals surface area contributed by atoms with Crippen molar-refractivity contribution in [3.8, 4) is 0 Å². The van der Waals surface area contributed by atoms with Crippen LogP contribution in [0.5, 0.6) is 0 Å². The fourth-order valence-electron chi connectivity index (χ4n) is 4.16. The number of aromatic nitrogens is 3. The third-order valence-corrected chi connectivity index (χ3v) is 5.54. The third kappa shape index (κ3) is 2.75. The highest BCUT2D eigenvalue weighted by Crippen LogP contribution is 2.23. The molecule has 5 rings (SSSR count). The summed E-state index contributed by atoms with van der Waals surface area (Å²) >= 11 is 0. The predicted molar refractivity (Wildman–Crippen MR) is 100 cm³/mol. The number of hydrogen-bond acceptors (Lipinski definition) is 4. The Morgan fingerprint density at radius 3 is 2.92 bits per heavy atom. The molecule has 0 spiro atoms. The average molecular weight is 349 g/mol. The van der Waals surface area contributed by atoms with Gasteiger partial charge in [-0.15, -0.1) is 0 Å². The second-order valence-corrected chi connectivity index (χ2v) is 7.34. The molecule has 4 heterocycles. The molecule has 0 amide bonds. The maximum Gasteiger partial charge on any atom is 0.277 e. The van der Waals surface area contributed by atoms with Gasteiger partial charge in [-0.25, -0.2) is 9.50 Å². The fourth-order valence-corrected chi connectivity index (χ4v) is 4.16. The Labute approximate surface area is 151 Å². The lowest BCUT2D eigenvalue weighted by Crippen LogP contribution is -2.36. The molecule has 1 aromatic carbocycles. The van der Waals surface area contributed by atoms with E-state index in [2.05, 4.69) is 39.6 Å². The van der Waals surface area contributed by atoms with E-state index in [1.165, 1.54) is 12.0 Å². The Kier molecular flexibility index (Phi) is 3.87. The minimum atomic E-state index is 0.0482. The highest BCUT2D eigenvalue weighted by atomic mass is 16.1. The van der Waals surface area contributed by atoms with E-state index in [4.69, 9.17) is 4.98 Å². The summed E-state index contributed by atoms with van der Waals surface area (Å²) in [7, 11) is 0. The number of H-pyrrole nitrogens is 1. The van der Waals surface area contributed by atoms with Crippen LogP contribution in [-0.2, 0) is 19.5 Å². The molecule has 2 N–H and O–H groups in total. The van der Waals surface area contributed by atoms with Crippen molar-refractivity contribution in [1.82, 2.24) is 24.8 Å². The highest BCUT2D eigenvalue weighted by Gasteiger charge is 2.24. The number of hydrogen-bond donors (Lipinski definition) is 2. The summed E-state index contributed by atoms with van der Waals surface area (Å²) in [6, 6.07) is 12.8. The molecule has 2 aliphatic rings. The normalized spacial score (nSPS) is 20.5. The van der Waals surface area contributed by atoms with Crippen molar-refractivity contribution >= 4 is 5.65 Å². The smallest absolute Gasteiger partial charge is 0.277 e. The van der Waals surface area contributed by atoms with E-state index < -0.39 is 0 Å². The largest absolute Gasteiger partial charge is 0.309 e. The molecule has 1 saturated heterocycles. The molecule has 26 heavy (non-hydrogen) atoms. The molecule has 0 saturated carbocycles. The maximum atomic E-state index is 13.0. The number of benzene rings is 1. The molecule has 0 bridgehead atoms. The summed E-state index contributed by atoms with van der Waals surface area (Å²) in [5.74, 6) is 0. The van der Waals surface area contributed by atoms with E-state index in [1.807, 2.05) is 12.1 Å². The second kappa shape index (κ2) is 6.37. The van der Waals surface area contributed by atoms with Gasteiger partial charge >= 0.3 is 0 Å². The minimum absolute atomic E-state index is 0.0482. The quantitative estimate of drug-likeness (QED) is 0.759. The standard InChI is InChI=1S/C20H23N5O/c26-20-15-13-24(12-14-5-2-1-3-6-14)10-8-16(15)22-19-11-18(23-25(19)20)17-7-4-9-21-17/h1-3,5-6,11,17,21,23H,4,7-10,12-13H2. The van der Waals surface area contributed by atoms with Gasteiger partial charge in [0.15, 0.2) is 5.65 Å². The predicted octanol–water partition coefficient (Wildman–Crippen LogP) is 2.01. The molecular weight excluding hydrogens is 326 g/mol. The van der Waals surface area contributed by atoms with Gasteiger partial charge < -0.3 is 5.32 Å². The van der Waals surface area contributed by atoms with Gasteiger partial charge in [0.05, 0.1) is 17.0 Å². The zero-order valence-corrected chi connectivity index (χ0v) is 14.7. The number of nitrogens with one attached hydrogen (secondary N) is 2. The first-order valence-corrected chi connectivity index (χ1v) is 9.41. The van der Waals surface area contributed by atoms with Crippen molar-refractivity contribution in [2.75, 3.05) is 13.1 Å². The molecule has 1 fully saturated rings. The summed E-state index contributed by atoms with van der Waals surface area (Å²) in [5.41, 5.74) is 4.93. The van der Waals surface area contributed by atoms with Crippen molar-refractivity contribution in [1.29, 1.82) is 0 Å². The summed E-state index contributed by atoms with van der Waals surface area (Å²) in [4.78, 5) is 20.2. The van der Waals surface area contributed by atoms with Crippen LogP contribution in [0.3, 0.4) is 0 Å². The van der Waals surface area contributed by atoms with Gasteiger partial charge in [0.1, 0.15) is 0 Å². The van der Waals surface area contributed by atoms with Crippen LogP contribution in [-0.4, -0.2) is 32.6 Å². The molecule has 2 aliphatic heterocycles. The van der Waals surface area contributed by atoms with Crippen LogP contribution >= 0.6 is 0 Å². The van der Waals surface area contributed by atoms with Gasteiger partial charge in [-0.2, -0.15) is 0 Å². The van der Waals surface area contributed by atoms with E-state index in [0.717, 1.165) is 55.1 Å². The average Bonchev–Trinajstić information content (AvgIpc) is 3.33. The van der Waals surface area contributed by atoms with Crippen LogP contribution in [0.15, 0.2) is 41.2 Å². The van der Waals surface area contributed by atoms with Gasteiger partial charge in [-0.3, -0.25) is 14.8 Å². The molecule has 1 unspecified atom stereocenters. The van der Waals surface area contributed by atoms with E-state index in [-0.39, 0.29) is 5.56 Å². The first-order valence-electron chi connectivity index (χ1n) is 9.41. The first kappa shape index (κ1) is 15.8. The maximum absolute atomic E-state index is 13.0. The van der Waals surface area contributed by atoms with Gasteiger partial charge in [0.25, 0.3) is 5.56 Å². The molecule has 6 heteroatoms. The van der Waals surface area contributed by atoms with E-state index in [9.17, 15) is 4.79 Å². The second-order valence-electron chi connectivity index (χ2n) is 7.34. The van der Waals surface area contributed by atoms with Crippen molar-refractivity contribution in [3.05, 3.63) is 69.3 Å². The monoisotopic (exact) mass is 349 g/mol. The van der Waals surface area contributed by atoms with E-state index in [1.54, 1.807) is 4.52 Å². The number of aromatic amines is 1. The van der Waals surface area contributed by atoms with Gasteiger partial charge in [0, 0.05) is 38.2 Å². The Balaban J connectivity index is 1.46. The van der Waals surface area contributed by atoms with Gasteiger partial charge in [0.2, 0.25) is 0 Å². The number of nitrogens with zero attached hydrogens (tertiary/aromatic N) is 3. The summed E-state index contributed by atoms with van der Waals surface area (Å²) < 4.78 is 1.63. The summed E-state index contributed by atoms with van der Waals surface area (Å²) in [6.07, 6.45) is 3.11. The molecule has 134 valence electrons. The van der Waals surface area contributed by atoms with Crippen molar-refractivity contribution < 1.29 is 0 Å². The molecule has 2 aromatic heterocycles. The molecule has 0 aliphatic carbocycles. The lowest BCUT2D eigenvalue weighted by Gasteiger charge is -2.27. The van der Waals surface area contributed by atoms with Crippen LogP contribution in [0.2, 0.25) is 0 Å². The number of fused-ring (bicyclic) bond motifs is 2. The fraction of sp³-hybridized carbons (Fsp3) is 0.400. The Morgan fingerprint density at radius 1 is 1.23 bits per heavy atom. The first-order chi connectivity index (χ1) is 12.8. The summed E-state index contributed by atoms with van der Waals surface area (Å²) in [6.45, 7) is 3.50. The Morgan fingerprint density at radius 2 is 2.12 bits per heavy atom.